The Bertz CT molecular complexity index is 340. The summed E-state index contributed by atoms with van der Waals surface area (Å²) in [6, 6.07) is 0. The van der Waals surface area contributed by atoms with Gasteiger partial charge in [-0.2, -0.15) is 5.92 Å². The average molecular weight is 493 g/mol. The molecule has 0 heterocycles. The van der Waals surface area contributed by atoms with Crippen molar-refractivity contribution in [2.24, 2.45) is 5.92 Å². The Balaban J connectivity index is 0. The zero-order chi connectivity index (χ0) is 21.7. The molecule has 0 unspecified atom stereocenters. The molecule has 2 fully saturated rings. The van der Waals surface area contributed by atoms with Gasteiger partial charge in [0.05, 0.1) is 16.1 Å². The molecule has 2 aliphatic rings. The van der Waals surface area contributed by atoms with Crippen molar-refractivity contribution in [3.05, 3.63) is 66.9 Å². The van der Waals surface area contributed by atoms with Crippen LogP contribution >= 0.6 is 0 Å². The summed E-state index contributed by atoms with van der Waals surface area (Å²) < 4.78 is 0. The fraction of sp³-hybridized carbons (Fsp3) is 0.560. The van der Waals surface area contributed by atoms with Gasteiger partial charge < -0.3 is 6.92 Å². The van der Waals surface area contributed by atoms with Crippen LogP contribution < -0.4 is 0 Å². The van der Waals surface area contributed by atoms with Crippen molar-refractivity contribution in [2.75, 3.05) is 0 Å². The van der Waals surface area contributed by atoms with Crippen LogP contribution in [0.2, 0.25) is 39.3 Å². The Morgan fingerprint density at radius 1 is 0.607 bits per heavy atom. The van der Waals surface area contributed by atoms with Crippen LogP contribution in [0.4, 0.5) is 0 Å². The summed E-state index contributed by atoms with van der Waals surface area (Å²) in [6.07, 6.45) is 7.15. The van der Waals surface area contributed by atoms with Crippen LogP contribution in [0.15, 0.2) is 0 Å². The van der Waals surface area contributed by atoms with Crippen LogP contribution in [0.3, 0.4) is 0 Å². The van der Waals surface area contributed by atoms with Gasteiger partial charge in [-0.25, -0.2) is 0 Å². The maximum atomic E-state index is 3.64. The predicted octanol–water partition coefficient (Wildman–Crippen LogP) is 7.96. The van der Waals surface area contributed by atoms with Gasteiger partial charge in [0.1, 0.15) is 0 Å². The summed E-state index contributed by atoms with van der Waals surface area (Å²) in [6.45, 7) is 33.2. The first-order valence-electron chi connectivity index (χ1n) is 10.3. The smallest absolute Gasteiger partial charge is 0.341 e. The molecule has 11 radical (unpaired) electrons. The first-order chi connectivity index (χ1) is 12.0. The van der Waals surface area contributed by atoms with E-state index >= 15 is 0 Å². The van der Waals surface area contributed by atoms with Gasteiger partial charge in [0.2, 0.25) is 0 Å². The van der Waals surface area contributed by atoms with Gasteiger partial charge in [0.25, 0.3) is 0 Å². The second kappa shape index (κ2) is 13.0. The van der Waals surface area contributed by atoms with E-state index in [4.69, 9.17) is 0 Å². The van der Waals surface area contributed by atoms with Crippen molar-refractivity contribution < 1.29 is 26.2 Å². The Hall–Kier alpha value is 1.32. The van der Waals surface area contributed by atoms with Crippen molar-refractivity contribution in [1.82, 2.24) is 0 Å². The molecule has 28 heavy (non-hydrogen) atoms. The van der Waals surface area contributed by atoms with E-state index in [1.165, 1.54) is 29.6 Å². The van der Waals surface area contributed by atoms with Crippen molar-refractivity contribution in [3.8, 4) is 0 Å². The fourth-order valence-corrected chi connectivity index (χ4v) is 5.27. The van der Waals surface area contributed by atoms with E-state index in [2.05, 4.69) is 114 Å². The molecule has 2 aliphatic carbocycles. The average Bonchev–Trinajstić information content (AvgIpc) is 3.06. The van der Waals surface area contributed by atoms with E-state index in [0.717, 1.165) is 0 Å². The van der Waals surface area contributed by atoms with Gasteiger partial charge in [-0.3, -0.25) is 0 Å². The van der Waals surface area contributed by atoms with Gasteiger partial charge in [-0.15, -0.1) is 0 Å². The Morgan fingerprint density at radius 2 is 0.786 bits per heavy atom. The monoisotopic (exact) mass is 491 g/mol. The largest absolute Gasteiger partial charge is 3.00 e. The SMILES string of the molecule is C[C]1[C](C)[C](C)[C](C)[C]1C.C[Si](C)(C)[C]1[CH][CH][C]([Si](C)(C)C)[CH]1.[CH2-]C(C)C.[Zr+3]. The topological polar surface area (TPSA) is 0 Å². The predicted molar refractivity (Wildman–Crippen MR) is 131 cm³/mol. The number of rotatable bonds is 2. The van der Waals surface area contributed by atoms with Gasteiger partial charge in [0, 0.05) is 0 Å². The molecule has 0 nitrogen and oxygen atoms in total. The van der Waals surface area contributed by atoms with Crippen molar-refractivity contribution >= 4 is 16.1 Å². The van der Waals surface area contributed by atoms with E-state index in [9.17, 15) is 0 Å². The second-order valence-corrected chi connectivity index (χ2v) is 20.6. The molecule has 0 spiro atoms. The van der Waals surface area contributed by atoms with E-state index in [0.29, 0.717) is 5.92 Å². The van der Waals surface area contributed by atoms with Crippen LogP contribution in [0.25, 0.3) is 0 Å². The Morgan fingerprint density at radius 3 is 0.893 bits per heavy atom. The summed E-state index contributed by atoms with van der Waals surface area (Å²) in [5.41, 5.74) is 3.23. The quantitative estimate of drug-likeness (QED) is 0.271. The zero-order valence-electron chi connectivity index (χ0n) is 21.0. The third-order valence-electron chi connectivity index (χ3n) is 5.30. The molecule has 0 aromatic rings. The molecular formula is C25H45Si2Zr+2. The molecular weight excluding hydrogens is 448 g/mol. The molecule has 0 aromatic heterocycles. The Kier molecular flexibility index (Phi) is 14.6. The van der Waals surface area contributed by atoms with E-state index in [1.807, 2.05) is 0 Å². The van der Waals surface area contributed by atoms with Gasteiger partial charge in [-0.1, -0.05) is 87.7 Å². The van der Waals surface area contributed by atoms with Crippen LogP contribution in [-0.2, 0) is 26.2 Å². The second-order valence-electron chi connectivity index (χ2n) is 10.4. The van der Waals surface area contributed by atoms with E-state index in [-0.39, 0.29) is 26.2 Å². The molecule has 2 rings (SSSR count). The van der Waals surface area contributed by atoms with Crippen LogP contribution in [0, 0.1) is 72.8 Å². The van der Waals surface area contributed by atoms with Crippen LogP contribution in [-0.4, -0.2) is 16.1 Å². The first-order valence-corrected chi connectivity index (χ1v) is 17.3. The summed E-state index contributed by atoms with van der Waals surface area (Å²) in [7, 11) is -2.14. The van der Waals surface area contributed by atoms with E-state index in [1.54, 1.807) is 11.1 Å². The molecule has 2 saturated carbocycles. The van der Waals surface area contributed by atoms with Crippen molar-refractivity contribution in [3.63, 3.8) is 0 Å². The summed E-state index contributed by atoms with van der Waals surface area (Å²) in [4.78, 5) is 0. The molecule has 0 amide bonds. The molecule has 0 bridgehead atoms. The molecule has 0 atom stereocenters. The van der Waals surface area contributed by atoms with Gasteiger partial charge in [-0.05, 0) is 59.9 Å². The van der Waals surface area contributed by atoms with E-state index < -0.39 is 16.1 Å². The van der Waals surface area contributed by atoms with Crippen molar-refractivity contribution in [2.45, 2.75) is 87.7 Å². The van der Waals surface area contributed by atoms with Crippen LogP contribution in [0.5, 0.6) is 0 Å². The first kappa shape index (κ1) is 31.5. The van der Waals surface area contributed by atoms with Crippen LogP contribution in [0.1, 0.15) is 48.5 Å². The molecule has 0 saturated heterocycles. The minimum atomic E-state index is -1.07. The minimum Gasteiger partial charge on any atom is -0.341 e. The normalized spacial score (nSPS) is 22.0. The summed E-state index contributed by atoms with van der Waals surface area (Å²) in [5.74, 6) is 7.92. The zero-order valence-corrected chi connectivity index (χ0v) is 25.5. The molecule has 155 valence electrons. The van der Waals surface area contributed by atoms with Crippen molar-refractivity contribution in [1.29, 1.82) is 0 Å². The minimum absolute atomic E-state index is 0. The number of hydrogen-bond acceptors (Lipinski definition) is 0. The molecule has 0 N–H and O–H groups in total. The Labute approximate surface area is 202 Å². The van der Waals surface area contributed by atoms with Gasteiger partial charge in [0.15, 0.2) is 0 Å². The summed E-state index contributed by atoms with van der Waals surface area (Å²) in [5, 5.41) is 0. The number of hydrogen-bond donors (Lipinski definition) is 0. The third kappa shape index (κ3) is 10.6. The van der Waals surface area contributed by atoms with Gasteiger partial charge >= 0.3 is 26.2 Å². The maximum absolute atomic E-state index is 3.64. The molecule has 0 aromatic carbocycles. The molecule has 3 heteroatoms. The maximum Gasteiger partial charge on any atom is 3.00 e. The fourth-order valence-electron chi connectivity index (χ4n) is 2.78. The standard InChI is InChI=1S/C11H21Si2.C10H15.C4H9.Zr/c1-12(2,3)10-7-8-11(9-10)13(4,5)6;1-6-7(2)9(4)10(5)8(6)3;1-4(2)3;/h7-9H,1-6H3;1-5H3;4H,1H2,2-3H3;/q;;-1;+3. The summed E-state index contributed by atoms with van der Waals surface area (Å²) >= 11 is 0. The third-order valence-corrected chi connectivity index (χ3v) is 9.38. The molecule has 0 aliphatic heterocycles.